The average molecular weight is 316 g/mol. The van der Waals surface area contributed by atoms with Gasteiger partial charge in [-0.05, 0) is 47.0 Å². The SMILES string of the molecule is Cc1cc(Br)c(F)cc1NC(=O)[C@@H]1C[C@@H]1C(=O)O. The van der Waals surface area contributed by atoms with Gasteiger partial charge in [0.25, 0.3) is 0 Å². The molecule has 2 rings (SSSR count). The minimum absolute atomic E-state index is 0.327. The molecular formula is C12H11BrFNO3. The topological polar surface area (TPSA) is 66.4 Å². The summed E-state index contributed by atoms with van der Waals surface area (Å²) in [6.45, 7) is 1.74. The van der Waals surface area contributed by atoms with E-state index in [-0.39, 0.29) is 5.91 Å². The number of nitrogens with one attached hydrogen (secondary N) is 1. The van der Waals surface area contributed by atoms with Gasteiger partial charge in [-0.15, -0.1) is 0 Å². The van der Waals surface area contributed by atoms with Crippen molar-refractivity contribution in [2.45, 2.75) is 13.3 Å². The smallest absolute Gasteiger partial charge is 0.307 e. The largest absolute Gasteiger partial charge is 0.481 e. The highest BCUT2D eigenvalue weighted by Crippen LogP contribution is 2.39. The Labute approximate surface area is 111 Å². The molecule has 1 saturated carbocycles. The number of carboxylic acids is 1. The number of aliphatic carboxylic acids is 1. The van der Waals surface area contributed by atoms with Crippen molar-refractivity contribution in [3.63, 3.8) is 0 Å². The van der Waals surface area contributed by atoms with Gasteiger partial charge < -0.3 is 10.4 Å². The van der Waals surface area contributed by atoms with Crippen molar-refractivity contribution in [3.05, 3.63) is 28.0 Å². The first-order valence-electron chi connectivity index (χ1n) is 5.39. The molecule has 18 heavy (non-hydrogen) atoms. The van der Waals surface area contributed by atoms with E-state index < -0.39 is 23.6 Å². The van der Waals surface area contributed by atoms with Gasteiger partial charge in [-0.2, -0.15) is 0 Å². The van der Waals surface area contributed by atoms with E-state index in [9.17, 15) is 14.0 Å². The van der Waals surface area contributed by atoms with E-state index in [1.807, 2.05) is 0 Å². The number of carbonyl (C=O) groups excluding carboxylic acids is 1. The zero-order valence-corrected chi connectivity index (χ0v) is 11.1. The first kappa shape index (κ1) is 13.0. The van der Waals surface area contributed by atoms with Crippen LogP contribution in [-0.4, -0.2) is 17.0 Å². The van der Waals surface area contributed by atoms with Crippen LogP contribution < -0.4 is 5.32 Å². The minimum atomic E-state index is -0.964. The number of hydrogen-bond donors (Lipinski definition) is 2. The van der Waals surface area contributed by atoms with E-state index in [2.05, 4.69) is 21.2 Å². The van der Waals surface area contributed by atoms with Crippen molar-refractivity contribution in [1.29, 1.82) is 0 Å². The van der Waals surface area contributed by atoms with E-state index in [1.54, 1.807) is 13.0 Å². The van der Waals surface area contributed by atoms with Crippen molar-refractivity contribution in [3.8, 4) is 0 Å². The number of aryl methyl sites for hydroxylation is 1. The van der Waals surface area contributed by atoms with Gasteiger partial charge in [0.15, 0.2) is 0 Å². The molecule has 0 saturated heterocycles. The van der Waals surface area contributed by atoms with Crippen molar-refractivity contribution < 1.29 is 19.1 Å². The Morgan fingerprint density at radius 3 is 2.67 bits per heavy atom. The monoisotopic (exact) mass is 315 g/mol. The molecule has 1 aromatic carbocycles. The number of carbonyl (C=O) groups is 2. The summed E-state index contributed by atoms with van der Waals surface area (Å²) < 4.78 is 13.7. The molecule has 2 atom stereocenters. The van der Waals surface area contributed by atoms with Crippen molar-refractivity contribution in [2.24, 2.45) is 11.8 Å². The molecule has 1 aliphatic rings. The molecule has 4 nitrogen and oxygen atoms in total. The second kappa shape index (κ2) is 4.68. The standard InChI is InChI=1S/C12H11BrFNO3/c1-5-2-8(13)9(14)4-10(5)15-11(16)6-3-7(6)12(17)18/h2,4,6-7H,3H2,1H3,(H,15,16)(H,17,18)/t6-,7+/m1/s1. The molecule has 0 aromatic heterocycles. The van der Waals surface area contributed by atoms with Crippen LogP contribution in [0.4, 0.5) is 10.1 Å². The van der Waals surface area contributed by atoms with Crippen LogP contribution in [0, 0.1) is 24.6 Å². The Balaban J connectivity index is 2.09. The molecule has 6 heteroatoms. The lowest BCUT2D eigenvalue weighted by Crippen LogP contribution is -2.17. The summed E-state index contributed by atoms with van der Waals surface area (Å²) in [4.78, 5) is 22.4. The van der Waals surface area contributed by atoms with Crippen LogP contribution in [0.2, 0.25) is 0 Å². The van der Waals surface area contributed by atoms with Crippen LogP contribution in [-0.2, 0) is 9.59 Å². The number of carboxylic acid groups (broad SMARTS) is 1. The summed E-state index contributed by atoms with van der Waals surface area (Å²) in [5.41, 5.74) is 1.08. The Bertz CT molecular complexity index is 532. The normalized spacial score (nSPS) is 21.5. The Morgan fingerprint density at radius 2 is 2.11 bits per heavy atom. The quantitative estimate of drug-likeness (QED) is 0.900. The first-order chi connectivity index (χ1) is 8.40. The molecule has 0 unspecified atom stereocenters. The fourth-order valence-corrected chi connectivity index (χ4v) is 2.22. The number of halogens is 2. The predicted molar refractivity (Wildman–Crippen MR) is 66.7 cm³/mol. The molecule has 0 bridgehead atoms. The lowest BCUT2D eigenvalue weighted by Gasteiger charge is -2.09. The van der Waals surface area contributed by atoms with E-state index in [0.717, 1.165) is 0 Å². The summed E-state index contributed by atoms with van der Waals surface area (Å²) in [7, 11) is 0. The number of benzene rings is 1. The van der Waals surface area contributed by atoms with Crippen LogP contribution in [0.1, 0.15) is 12.0 Å². The molecule has 1 fully saturated rings. The second-order valence-electron chi connectivity index (χ2n) is 4.36. The molecule has 2 N–H and O–H groups in total. The van der Waals surface area contributed by atoms with Crippen LogP contribution >= 0.6 is 15.9 Å². The molecule has 0 radical (unpaired) electrons. The summed E-state index contributed by atoms with van der Waals surface area (Å²) in [5, 5.41) is 11.3. The molecule has 1 aromatic rings. The summed E-state index contributed by atoms with van der Waals surface area (Å²) >= 11 is 3.05. The molecule has 0 spiro atoms. The summed E-state index contributed by atoms with van der Waals surface area (Å²) in [6.07, 6.45) is 0.346. The van der Waals surface area contributed by atoms with E-state index in [0.29, 0.717) is 22.1 Å². The number of rotatable bonds is 3. The van der Waals surface area contributed by atoms with Crippen LogP contribution in [0.15, 0.2) is 16.6 Å². The van der Waals surface area contributed by atoms with Crippen LogP contribution in [0.5, 0.6) is 0 Å². The molecule has 0 heterocycles. The van der Waals surface area contributed by atoms with E-state index in [1.165, 1.54) is 6.07 Å². The van der Waals surface area contributed by atoms with Gasteiger partial charge in [0.2, 0.25) is 5.91 Å². The fraction of sp³-hybridized carbons (Fsp3) is 0.333. The zero-order valence-electron chi connectivity index (χ0n) is 9.54. The van der Waals surface area contributed by atoms with Crippen molar-refractivity contribution in [2.75, 3.05) is 5.32 Å². The first-order valence-corrected chi connectivity index (χ1v) is 6.18. The highest BCUT2D eigenvalue weighted by Gasteiger charge is 2.48. The molecule has 96 valence electrons. The molecular weight excluding hydrogens is 305 g/mol. The lowest BCUT2D eigenvalue weighted by molar-refractivity contribution is -0.139. The maximum Gasteiger partial charge on any atom is 0.307 e. The maximum absolute atomic E-state index is 13.3. The lowest BCUT2D eigenvalue weighted by atomic mass is 10.2. The number of hydrogen-bond acceptors (Lipinski definition) is 2. The highest BCUT2D eigenvalue weighted by atomic mass is 79.9. The predicted octanol–water partition coefficient (Wildman–Crippen LogP) is 2.56. The van der Waals surface area contributed by atoms with Crippen LogP contribution in [0.3, 0.4) is 0 Å². The number of amides is 1. The average Bonchev–Trinajstić information content (AvgIpc) is 3.05. The third-order valence-electron chi connectivity index (χ3n) is 2.97. The number of anilines is 1. The van der Waals surface area contributed by atoms with Crippen molar-refractivity contribution >= 4 is 33.5 Å². The minimum Gasteiger partial charge on any atom is -0.481 e. The Hall–Kier alpha value is -1.43. The summed E-state index contributed by atoms with van der Waals surface area (Å²) in [6, 6.07) is 2.78. The van der Waals surface area contributed by atoms with Gasteiger partial charge in [-0.1, -0.05) is 0 Å². The van der Waals surface area contributed by atoms with Gasteiger partial charge >= 0.3 is 5.97 Å². The molecule has 1 aliphatic carbocycles. The summed E-state index contributed by atoms with van der Waals surface area (Å²) in [5.74, 6) is -2.92. The van der Waals surface area contributed by atoms with Gasteiger partial charge in [0, 0.05) is 5.69 Å². The van der Waals surface area contributed by atoms with E-state index >= 15 is 0 Å². The van der Waals surface area contributed by atoms with E-state index in [4.69, 9.17) is 5.11 Å². The zero-order chi connectivity index (χ0) is 13.4. The Kier molecular flexibility index (Phi) is 3.38. The maximum atomic E-state index is 13.3. The van der Waals surface area contributed by atoms with Gasteiger partial charge in [-0.3, -0.25) is 9.59 Å². The highest BCUT2D eigenvalue weighted by molar-refractivity contribution is 9.10. The third-order valence-corrected chi connectivity index (χ3v) is 3.58. The van der Waals surface area contributed by atoms with Crippen molar-refractivity contribution in [1.82, 2.24) is 0 Å². The Morgan fingerprint density at radius 1 is 1.44 bits per heavy atom. The second-order valence-corrected chi connectivity index (χ2v) is 5.21. The van der Waals surface area contributed by atoms with Gasteiger partial charge in [0.05, 0.1) is 16.3 Å². The van der Waals surface area contributed by atoms with Gasteiger partial charge in [0.1, 0.15) is 5.82 Å². The molecule has 1 amide bonds. The fourth-order valence-electron chi connectivity index (χ4n) is 1.76. The third kappa shape index (κ3) is 2.53. The van der Waals surface area contributed by atoms with Gasteiger partial charge in [-0.25, -0.2) is 4.39 Å². The van der Waals surface area contributed by atoms with Crippen LogP contribution in [0.25, 0.3) is 0 Å². The molecule has 0 aliphatic heterocycles.